The summed E-state index contributed by atoms with van der Waals surface area (Å²) in [6.45, 7) is 0. The van der Waals surface area contributed by atoms with Crippen LogP contribution in [0.5, 0.6) is 0 Å². The Hall–Kier alpha value is -2.04. The normalized spacial score (nSPS) is 10.2. The van der Waals surface area contributed by atoms with Crippen molar-refractivity contribution in [1.82, 2.24) is 15.0 Å². The molecule has 4 nitrogen and oxygen atoms in total. The van der Waals surface area contributed by atoms with Gasteiger partial charge in [0.2, 0.25) is 0 Å². The molecule has 0 atom stereocenters. The third-order valence-corrected chi connectivity index (χ3v) is 1.93. The minimum atomic E-state index is -0.375. The molecule has 15 heavy (non-hydrogen) atoms. The number of aromatic nitrogens is 3. The molecule has 0 fully saturated rings. The molecule has 0 saturated carbocycles. The van der Waals surface area contributed by atoms with Crippen molar-refractivity contribution in [3.8, 4) is 5.69 Å². The average molecular weight is 205 g/mol. The highest BCUT2D eigenvalue weighted by Crippen LogP contribution is 2.11. The molecule has 0 amide bonds. The van der Waals surface area contributed by atoms with Gasteiger partial charge in [-0.15, -0.1) is 5.10 Å². The lowest BCUT2D eigenvalue weighted by Gasteiger charge is -1.99. The van der Waals surface area contributed by atoms with Crippen LogP contribution in [0, 0.1) is 5.82 Å². The van der Waals surface area contributed by atoms with E-state index in [-0.39, 0.29) is 12.2 Å². The second-order valence-electron chi connectivity index (χ2n) is 2.98. The van der Waals surface area contributed by atoms with Gasteiger partial charge in [-0.3, -0.25) is 0 Å². The molecule has 0 aliphatic heterocycles. The first-order valence-corrected chi connectivity index (χ1v) is 4.41. The first-order valence-electron chi connectivity index (χ1n) is 4.41. The van der Waals surface area contributed by atoms with E-state index in [2.05, 4.69) is 10.3 Å². The Labute approximate surface area is 85.3 Å². The van der Waals surface area contributed by atoms with Crippen LogP contribution in [-0.4, -0.2) is 21.3 Å². The van der Waals surface area contributed by atoms with Crippen molar-refractivity contribution >= 4 is 6.29 Å². The van der Waals surface area contributed by atoms with Crippen molar-refractivity contribution in [2.45, 2.75) is 6.42 Å². The molecule has 1 heterocycles. The van der Waals surface area contributed by atoms with Crippen LogP contribution in [0.3, 0.4) is 0 Å². The number of benzene rings is 1. The number of carbonyl (C=O) groups excluding carboxylic acids is 1. The monoisotopic (exact) mass is 205 g/mol. The van der Waals surface area contributed by atoms with E-state index in [1.54, 1.807) is 18.2 Å². The molecule has 0 N–H and O–H groups in total. The van der Waals surface area contributed by atoms with Crippen LogP contribution < -0.4 is 0 Å². The summed E-state index contributed by atoms with van der Waals surface area (Å²) in [5.41, 5.74) is 0.843. The maximum atomic E-state index is 13.3. The van der Waals surface area contributed by atoms with Gasteiger partial charge in [0, 0.05) is 6.42 Å². The predicted octanol–water partition coefficient (Wildman–Crippen LogP) is 1.15. The quantitative estimate of drug-likeness (QED) is 0.706. The number of nitrogens with zero attached hydrogens (tertiary/aromatic N) is 3. The first kappa shape index (κ1) is 9.51. The fourth-order valence-electron chi connectivity index (χ4n) is 1.23. The molecule has 0 spiro atoms. The number of aldehydes is 1. The standard InChI is InChI=1S/C10H8FN3O/c11-9-3-1-2-4-10(9)14-7-8(5-6-15)12-13-14/h1-4,6-7H,5H2. The molecule has 0 aliphatic rings. The van der Waals surface area contributed by atoms with E-state index in [9.17, 15) is 9.18 Å². The zero-order valence-electron chi connectivity index (χ0n) is 7.80. The van der Waals surface area contributed by atoms with Gasteiger partial charge in [0.1, 0.15) is 17.8 Å². The summed E-state index contributed by atoms with van der Waals surface area (Å²) in [7, 11) is 0. The molecule has 5 heteroatoms. The van der Waals surface area contributed by atoms with Crippen molar-refractivity contribution in [2.24, 2.45) is 0 Å². The molecule has 0 bridgehead atoms. The van der Waals surface area contributed by atoms with Crippen molar-refractivity contribution in [1.29, 1.82) is 0 Å². The lowest BCUT2D eigenvalue weighted by molar-refractivity contribution is -0.107. The lowest BCUT2D eigenvalue weighted by Crippen LogP contribution is -1.97. The topological polar surface area (TPSA) is 47.8 Å². The van der Waals surface area contributed by atoms with Gasteiger partial charge >= 0.3 is 0 Å². The predicted molar refractivity (Wildman–Crippen MR) is 51.1 cm³/mol. The Morgan fingerprint density at radius 3 is 2.93 bits per heavy atom. The van der Waals surface area contributed by atoms with Gasteiger partial charge in [-0.2, -0.15) is 0 Å². The maximum absolute atomic E-state index is 13.3. The zero-order chi connectivity index (χ0) is 10.7. The summed E-state index contributed by atoms with van der Waals surface area (Å²) in [5, 5.41) is 7.47. The molecule has 0 saturated heterocycles. The second kappa shape index (κ2) is 4.00. The van der Waals surface area contributed by atoms with Crippen molar-refractivity contribution < 1.29 is 9.18 Å². The van der Waals surface area contributed by atoms with Crippen molar-refractivity contribution in [3.05, 3.63) is 42.0 Å². The van der Waals surface area contributed by atoms with Gasteiger partial charge < -0.3 is 4.79 Å². The Kier molecular flexibility index (Phi) is 2.53. The van der Waals surface area contributed by atoms with E-state index in [0.29, 0.717) is 11.4 Å². The van der Waals surface area contributed by atoms with Crippen molar-refractivity contribution in [2.75, 3.05) is 0 Å². The minimum Gasteiger partial charge on any atom is -0.303 e. The van der Waals surface area contributed by atoms with Crippen LogP contribution >= 0.6 is 0 Å². The fourth-order valence-corrected chi connectivity index (χ4v) is 1.23. The van der Waals surface area contributed by atoms with E-state index in [0.717, 1.165) is 6.29 Å². The van der Waals surface area contributed by atoms with E-state index in [1.165, 1.54) is 16.9 Å². The smallest absolute Gasteiger partial charge is 0.148 e. The summed E-state index contributed by atoms with van der Waals surface area (Å²) in [4.78, 5) is 10.2. The zero-order valence-corrected chi connectivity index (χ0v) is 7.80. The van der Waals surface area contributed by atoms with Gasteiger partial charge in [-0.05, 0) is 12.1 Å². The molecule has 2 aromatic rings. The van der Waals surface area contributed by atoms with Crippen LogP contribution in [0.25, 0.3) is 5.69 Å². The summed E-state index contributed by atoms with van der Waals surface area (Å²) in [6.07, 6.45) is 2.46. The third-order valence-electron chi connectivity index (χ3n) is 1.93. The van der Waals surface area contributed by atoms with Gasteiger partial charge in [0.05, 0.1) is 11.9 Å². The number of hydrogen-bond acceptors (Lipinski definition) is 3. The lowest BCUT2D eigenvalue weighted by atomic mass is 10.3. The van der Waals surface area contributed by atoms with E-state index >= 15 is 0 Å². The summed E-state index contributed by atoms with van der Waals surface area (Å²) in [5.74, 6) is -0.375. The molecular formula is C10H8FN3O. The maximum Gasteiger partial charge on any atom is 0.148 e. The highest BCUT2D eigenvalue weighted by atomic mass is 19.1. The molecule has 76 valence electrons. The van der Waals surface area contributed by atoms with Crippen LogP contribution in [0.15, 0.2) is 30.5 Å². The molecule has 0 unspecified atom stereocenters. The number of rotatable bonds is 3. The number of halogens is 1. The number of hydrogen-bond donors (Lipinski definition) is 0. The molecule has 0 aliphatic carbocycles. The Morgan fingerprint density at radius 2 is 2.20 bits per heavy atom. The number of carbonyl (C=O) groups is 1. The van der Waals surface area contributed by atoms with Gasteiger partial charge in [0.15, 0.2) is 0 Å². The molecule has 0 radical (unpaired) electrons. The highest BCUT2D eigenvalue weighted by Gasteiger charge is 2.05. The van der Waals surface area contributed by atoms with Crippen LogP contribution in [-0.2, 0) is 11.2 Å². The van der Waals surface area contributed by atoms with Crippen molar-refractivity contribution in [3.63, 3.8) is 0 Å². The average Bonchev–Trinajstić information content (AvgIpc) is 2.68. The summed E-state index contributed by atoms with van der Waals surface area (Å²) in [6, 6.07) is 6.24. The van der Waals surface area contributed by atoms with E-state index in [4.69, 9.17) is 0 Å². The summed E-state index contributed by atoms with van der Waals surface area (Å²) < 4.78 is 14.6. The van der Waals surface area contributed by atoms with Crippen LogP contribution in [0.4, 0.5) is 4.39 Å². The second-order valence-corrected chi connectivity index (χ2v) is 2.98. The van der Waals surface area contributed by atoms with Crippen LogP contribution in [0.2, 0.25) is 0 Å². The van der Waals surface area contributed by atoms with Gasteiger partial charge in [-0.1, -0.05) is 17.3 Å². The fraction of sp³-hybridized carbons (Fsp3) is 0.100. The summed E-state index contributed by atoms with van der Waals surface area (Å²) >= 11 is 0. The van der Waals surface area contributed by atoms with Crippen LogP contribution in [0.1, 0.15) is 5.69 Å². The Morgan fingerprint density at radius 1 is 1.40 bits per heavy atom. The SMILES string of the molecule is O=CCc1cn(-c2ccccc2F)nn1. The molecule has 2 rings (SSSR count). The highest BCUT2D eigenvalue weighted by molar-refractivity contribution is 5.53. The molecule has 1 aromatic carbocycles. The van der Waals surface area contributed by atoms with Gasteiger partial charge in [-0.25, -0.2) is 9.07 Å². The molecule has 1 aromatic heterocycles. The van der Waals surface area contributed by atoms with Gasteiger partial charge in [0.25, 0.3) is 0 Å². The van der Waals surface area contributed by atoms with E-state index in [1.807, 2.05) is 0 Å². The largest absolute Gasteiger partial charge is 0.303 e. The molecular weight excluding hydrogens is 197 g/mol. The first-order chi connectivity index (χ1) is 7.31. The number of para-hydroxylation sites is 1. The minimum absolute atomic E-state index is 0.189. The van der Waals surface area contributed by atoms with E-state index < -0.39 is 0 Å². The Balaban J connectivity index is 2.37. The third kappa shape index (κ3) is 1.90. The Bertz CT molecular complexity index is 481.